The Balaban J connectivity index is 2.18. The van der Waals surface area contributed by atoms with E-state index in [2.05, 4.69) is 20.3 Å². The standard InChI is InChI=1S/C12H16N6O7S2/c1-24-12-16-10(14-7-18(12)25-2)15-11(19)17-27(22,23)8-5-4-6-13-9(8)26(3,20)21/h4-7,10H,1-3H3,(H2,15,17,19). The lowest BCUT2D eigenvalue weighted by molar-refractivity contribution is -0.0176. The fraction of sp³-hybridized carbons (Fsp3) is 0.333. The predicted molar refractivity (Wildman–Crippen MR) is 91.8 cm³/mol. The lowest BCUT2D eigenvalue weighted by Gasteiger charge is -2.23. The number of amides is 2. The first-order valence-corrected chi connectivity index (χ1v) is 10.4. The molecule has 0 spiro atoms. The number of urea groups is 1. The first-order valence-electron chi connectivity index (χ1n) is 7.05. The molecule has 27 heavy (non-hydrogen) atoms. The zero-order chi connectivity index (χ0) is 20.2. The number of carbonyl (C=O) groups is 1. The Labute approximate surface area is 155 Å². The number of hydrogen-bond acceptors (Lipinski definition) is 11. The zero-order valence-corrected chi connectivity index (χ0v) is 16.0. The fourth-order valence-corrected chi connectivity index (χ4v) is 4.31. The molecule has 0 bridgehead atoms. The van der Waals surface area contributed by atoms with E-state index in [-0.39, 0.29) is 6.02 Å². The predicted octanol–water partition coefficient (Wildman–Crippen LogP) is -1.34. The molecule has 13 nitrogen and oxygen atoms in total. The monoisotopic (exact) mass is 420 g/mol. The molecule has 0 aliphatic carbocycles. The van der Waals surface area contributed by atoms with Crippen molar-refractivity contribution < 1.29 is 31.2 Å². The van der Waals surface area contributed by atoms with Crippen molar-refractivity contribution in [1.82, 2.24) is 20.1 Å². The number of aliphatic imine (C=N–C) groups is 2. The molecule has 2 amide bonds. The van der Waals surface area contributed by atoms with Crippen LogP contribution < -0.4 is 10.0 Å². The molecule has 1 aliphatic rings. The highest BCUT2D eigenvalue weighted by atomic mass is 32.2. The first-order chi connectivity index (χ1) is 12.6. The number of sulfonamides is 1. The van der Waals surface area contributed by atoms with Crippen LogP contribution in [0.15, 0.2) is 38.2 Å². The first kappa shape index (κ1) is 20.5. The van der Waals surface area contributed by atoms with Crippen LogP contribution >= 0.6 is 0 Å². The number of pyridine rings is 1. The maximum atomic E-state index is 12.4. The summed E-state index contributed by atoms with van der Waals surface area (Å²) in [5.74, 6) is 0. The van der Waals surface area contributed by atoms with Crippen molar-refractivity contribution in [3.8, 4) is 0 Å². The highest BCUT2D eigenvalue weighted by Gasteiger charge is 2.28. The van der Waals surface area contributed by atoms with Crippen LogP contribution in [-0.2, 0) is 29.4 Å². The molecular weight excluding hydrogens is 404 g/mol. The summed E-state index contributed by atoms with van der Waals surface area (Å²) in [5, 5.41) is 2.55. The molecule has 1 atom stereocenters. The van der Waals surface area contributed by atoms with E-state index in [9.17, 15) is 21.6 Å². The Morgan fingerprint density at radius 2 is 1.96 bits per heavy atom. The van der Waals surface area contributed by atoms with Gasteiger partial charge in [0, 0.05) is 12.5 Å². The normalized spacial score (nSPS) is 17.2. The minimum Gasteiger partial charge on any atom is -0.467 e. The second-order valence-corrected chi connectivity index (χ2v) is 8.50. The van der Waals surface area contributed by atoms with Crippen molar-refractivity contribution in [2.75, 3.05) is 20.5 Å². The van der Waals surface area contributed by atoms with Crippen molar-refractivity contribution in [3.63, 3.8) is 0 Å². The number of rotatable bonds is 5. The van der Waals surface area contributed by atoms with Crippen molar-refractivity contribution in [2.24, 2.45) is 9.98 Å². The van der Waals surface area contributed by atoms with Gasteiger partial charge in [-0.15, -0.1) is 0 Å². The topological polar surface area (TPSA) is 169 Å². The van der Waals surface area contributed by atoms with Gasteiger partial charge < -0.3 is 4.74 Å². The molecule has 0 aromatic carbocycles. The van der Waals surface area contributed by atoms with Crippen LogP contribution in [0.5, 0.6) is 0 Å². The summed E-state index contributed by atoms with van der Waals surface area (Å²) < 4.78 is 54.8. The number of carbonyl (C=O) groups excluding carboxylic acids is 1. The Hall–Kier alpha value is -2.78. The van der Waals surface area contributed by atoms with Crippen LogP contribution in [0, 0.1) is 0 Å². The van der Waals surface area contributed by atoms with Gasteiger partial charge in [0.15, 0.2) is 14.9 Å². The minimum atomic E-state index is -4.53. The smallest absolute Gasteiger partial charge is 0.331 e. The van der Waals surface area contributed by atoms with Gasteiger partial charge in [-0.25, -0.2) is 36.3 Å². The van der Waals surface area contributed by atoms with E-state index >= 15 is 0 Å². The Bertz CT molecular complexity index is 989. The van der Waals surface area contributed by atoms with Crippen molar-refractivity contribution >= 4 is 38.3 Å². The van der Waals surface area contributed by atoms with Crippen LogP contribution in [0.1, 0.15) is 0 Å². The van der Waals surface area contributed by atoms with Gasteiger partial charge in [0.1, 0.15) is 11.2 Å². The lowest BCUT2D eigenvalue weighted by atomic mass is 10.5. The van der Waals surface area contributed by atoms with Gasteiger partial charge in [-0.2, -0.15) is 10.1 Å². The zero-order valence-electron chi connectivity index (χ0n) is 14.3. The van der Waals surface area contributed by atoms with E-state index < -0.39 is 42.1 Å². The van der Waals surface area contributed by atoms with Gasteiger partial charge in [0.05, 0.1) is 14.2 Å². The molecule has 0 saturated heterocycles. The lowest BCUT2D eigenvalue weighted by Crippen LogP contribution is -2.46. The maximum absolute atomic E-state index is 12.4. The van der Waals surface area contributed by atoms with E-state index in [0.29, 0.717) is 0 Å². The van der Waals surface area contributed by atoms with E-state index in [0.717, 1.165) is 29.9 Å². The van der Waals surface area contributed by atoms with Crippen molar-refractivity contribution in [3.05, 3.63) is 18.3 Å². The number of sulfone groups is 1. The van der Waals surface area contributed by atoms with Crippen molar-refractivity contribution in [2.45, 2.75) is 16.2 Å². The molecule has 1 aliphatic heterocycles. The summed E-state index contributed by atoms with van der Waals surface area (Å²) in [5.41, 5.74) is 0. The third-order valence-electron chi connectivity index (χ3n) is 2.98. The number of amidine groups is 1. The Morgan fingerprint density at radius 1 is 1.26 bits per heavy atom. The van der Waals surface area contributed by atoms with Gasteiger partial charge in [0.25, 0.3) is 10.0 Å². The third-order valence-corrected chi connectivity index (χ3v) is 5.50. The molecule has 2 rings (SSSR count). The maximum Gasteiger partial charge on any atom is 0.331 e. The fourth-order valence-electron chi connectivity index (χ4n) is 1.89. The Kier molecular flexibility index (Phi) is 5.97. The summed E-state index contributed by atoms with van der Waals surface area (Å²) in [6.45, 7) is 0. The average Bonchev–Trinajstić information content (AvgIpc) is 2.60. The van der Waals surface area contributed by atoms with Gasteiger partial charge >= 0.3 is 12.1 Å². The highest BCUT2D eigenvalue weighted by Crippen LogP contribution is 2.17. The van der Waals surface area contributed by atoms with Gasteiger partial charge in [-0.05, 0) is 12.1 Å². The van der Waals surface area contributed by atoms with E-state index in [1.807, 2.05) is 0 Å². The number of aromatic nitrogens is 1. The molecule has 1 aromatic heterocycles. The SMILES string of the molecule is COC1=NC(NC(=O)NS(=O)(=O)c2cccnc2S(C)(=O)=O)N=CN1OC. The summed E-state index contributed by atoms with van der Waals surface area (Å²) in [6, 6.07) is 1.01. The molecular formula is C12H16N6O7S2. The second-order valence-electron chi connectivity index (χ2n) is 4.92. The summed E-state index contributed by atoms with van der Waals surface area (Å²) in [7, 11) is -5.83. The third kappa shape index (κ3) is 4.89. The minimum absolute atomic E-state index is 0.0349. The van der Waals surface area contributed by atoms with Gasteiger partial charge in [-0.3, -0.25) is 10.2 Å². The van der Waals surface area contributed by atoms with Crippen LogP contribution in [-0.4, -0.2) is 72.0 Å². The Morgan fingerprint density at radius 3 is 2.56 bits per heavy atom. The van der Waals surface area contributed by atoms with Gasteiger partial charge in [0.2, 0.25) is 6.29 Å². The van der Waals surface area contributed by atoms with E-state index in [4.69, 9.17) is 9.57 Å². The number of nitrogens with zero attached hydrogens (tertiary/aromatic N) is 4. The number of nitrogens with one attached hydrogen (secondary N) is 2. The summed E-state index contributed by atoms with van der Waals surface area (Å²) in [4.78, 5) is 27.5. The molecule has 0 saturated carbocycles. The van der Waals surface area contributed by atoms with Crippen LogP contribution in [0.4, 0.5) is 4.79 Å². The summed E-state index contributed by atoms with van der Waals surface area (Å²) >= 11 is 0. The van der Waals surface area contributed by atoms with Crippen molar-refractivity contribution in [1.29, 1.82) is 0 Å². The molecule has 148 valence electrons. The molecule has 2 N–H and O–H groups in total. The number of hydrogen-bond donors (Lipinski definition) is 2. The summed E-state index contributed by atoms with van der Waals surface area (Å²) in [6.07, 6.45) is 1.89. The van der Waals surface area contributed by atoms with Crippen LogP contribution in [0.3, 0.4) is 0 Å². The van der Waals surface area contributed by atoms with Crippen LogP contribution in [0.25, 0.3) is 0 Å². The average molecular weight is 420 g/mol. The van der Waals surface area contributed by atoms with E-state index in [1.54, 1.807) is 4.72 Å². The number of ether oxygens (including phenoxy) is 1. The molecule has 2 heterocycles. The molecule has 15 heteroatoms. The second kappa shape index (κ2) is 7.85. The molecule has 1 unspecified atom stereocenters. The molecule has 0 radical (unpaired) electrons. The molecule has 0 fully saturated rings. The molecule has 1 aromatic rings. The largest absolute Gasteiger partial charge is 0.467 e. The number of methoxy groups -OCH3 is 1. The highest BCUT2D eigenvalue weighted by molar-refractivity contribution is 7.93. The number of hydroxylamine groups is 2. The van der Waals surface area contributed by atoms with Gasteiger partial charge in [-0.1, -0.05) is 0 Å². The van der Waals surface area contributed by atoms with E-state index in [1.165, 1.54) is 20.3 Å². The quantitative estimate of drug-likeness (QED) is 0.585. The van der Waals surface area contributed by atoms with Crippen LogP contribution in [0.2, 0.25) is 0 Å².